The molecule has 5 nitrogen and oxygen atoms in total. The molecular weight excluding hydrogens is 268 g/mol. The second-order valence-electron chi connectivity index (χ2n) is 5.17. The van der Waals surface area contributed by atoms with Gasteiger partial charge in [0.1, 0.15) is 5.76 Å². The third-order valence-electron chi connectivity index (χ3n) is 3.63. The quantitative estimate of drug-likeness (QED) is 0.858. The van der Waals surface area contributed by atoms with Crippen molar-refractivity contribution in [2.45, 2.75) is 25.4 Å². The lowest BCUT2D eigenvalue weighted by Gasteiger charge is -2.22. The van der Waals surface area contributed by atoms with Crippen LogP contribution in [0, 0.1) is 0 Å². The Labute approximate surface area is 123 Å². The number of methoxy groups -OCH3 is 1. The molecule has 1 aromatic carbocycles. The van der Waals surface area contributed by atoms with Crippen molar-refractivity contribution < 1.29 is 13.9 Å². The van der Waals surface area contributed by atoms with E-state index in [9.17, 15) is 4.79 Å². The molecule has 3 rings (SSSR count). The average Bonchev–Trinajstić information content (AvgIpc) is 3.20. The first-order valence-electron chi connectivity index (χ1n) is 6.96. The molecule has 1 aromatic heterocycles. The smallest absolute Gasteiger partial charge is 0.258 e. The van der Waals surface area contributed by atoms with Crippen LogP contribution in [-0.2, 0) is 6.54 Å². The molecule has 1 aliphatic carbocycles. The van der Waals surface area contributed by atoms with Crippen molar-refractivity contribution in [3.63, 3.8) is 0 Å². The van der Waals surface area contributed by atoms with Crippen molar-refractivity contribution >= 4 is 11.6 Å². The van der Waals surface area contributed by atoms with Gasteiger partial charge in [-0.2, -0.15) is 0 Å². The molecule has 2 aromatic rings. The van der Waals surface area contributed by atoms with Crippen LogP contribution < -0.4 is 10.5 Å². The summed E-state index contributed by atoms with van der Waals surface area (Å²) in [5.41, 5.74) is 6.85. The standard InChI is InChI=1S/C16H18N2O3/c1-20-15-13(5-2-6-14(15)17)16(19)18(11-7-8-11)10-12-4-3-9-21-12/h2-6,9,11H,7-8,10,17H2,1H3. The van der Waals surface area contributed by atoms with Crippen molar-refractivity contribution in [3.8, 4) is 5.75 Å². The van der Waals surface area contributed by atoms with Crippen molar-refractivity contribution in [2.75, 3.05) is 12.8 Å². The van der Waals surface area contributed by atoms with Crippen LogP contribution >= 0.6 is 0 Å². The molecule has 1 fully saturated rings. The molecule has 5 heteroatoms. The number of benzene rings is 1. The summed E-state index contributed by atoms with van der Waals surface area (Å²) < 4.78 is 10.6. The molecule has 0 spiro atoms. The number of carbonyl (C=O) groups excluding carboxylic acids is 1. The zero-order valence-corrected chi connectivity index (χ0v) is 11.9. The maximum atomic E-state index is 12.8. The molecule has 2 N–H and O–H groups in total. The van der Waals surface area contributed by atoms with Crippen LogP contribution in [-0.4, -0.2) is 24.0 Å². The highest BCUT2D eigenvalue weighted by Gasteiger charge is 2.34. The van der Waals surface area contributed by atoms with Crippen LogP contribution in [0.1, 0.15) is 29.0 Å². The van der Waals surface area contributed by atoms with E-state index in [1.165, 1.54) is 7.11 Å². The zero-order chi connectivity index (χ0) is 14.8. The summed E-state index contributed by atoms with van der Waals surface area (Å²) in [6, 6.07) is 9.21. The fraction of sp³-hybridized carbons (Fsp3) is 0.312. The van der Waals surface area contributed by atoms with Crippen molar-refractivity contribution in [1.29, 1.82) is 0 Å². The van der Waals surface area contributed by atoms with E-state index < -0.39 is 0 Å². The summed E-state index contributed by atoms with van der Waals surface area (Å²) in [4.78, 5) is 14.7. The summed E-state index contributed by atoms with van der Waals surface area (Å²) in [6.07, 6.45) is 3.67. The van der Waals surface area contributed by atoms with Crippen LogP contribution in [0.5, 0.6) is 5.75 Å². The molecule has 1 heterocycles. The summed E-state index contributed by atoms with van der Waals surface area (Å²) in [5.74, 6) is 1.14. The molecule has 0 radical (unpaired) electrons. The van der Waals surface area contributed by atoms with Gasteiger partial charge in [-0.05, 0) is 37.1 Å². The van der Waals surface area contributed by atoms with E-state index in [0.29, 0.717) is 23.5 Å². The Hall–Kier alpha value is -2.43. The predicted octanol–water partition coefficient (Wildman–Crippen LogP) is 2.68. The third kappa shape index (κ3) is 2.72. The number of carbonyl (C=O) groups is 1. The van der Waals surface area contributed by atoms with Crippen molar-refractivity contribution in [1.82, 2.24) is 4.90 Å². The van der Waals surface area contributed by atoms with Gasteiger partial charge >= 0.3 is 0 Å². The van der Waals surface area contributed by atoms with Crippen LogP contribution in [0.15, 0.2) is 41.0 Å². The number of nitrogens with zero attached hydrogens (tertiary/aromatic N) is 1. The van der Waals surface area contributed by atoms with Gasteiger partial charge in [0.05, 0.1) is 31.2 Å². The number of anilines is 1. The molecule has 0 aliphatic heterocycles. The Balaban J connectivity index is 1.89. The second-order valence-corrected chi connectivity index (χ2v) is 5.17. The molecule has 1 aliphatic rings. The van der Waals surface area contributed by atoms with Gasteiger partial charge in [0.15, 0.2) is 5.75 Å². The number of hydrogen-bond acceptors (Lipinski definition) is 4. The summed E-state index contributed by atoms with van der Waals surface area (Å²) >= 11 is 0. The van der Waals surface area contributed by atoms with E-state index in [0.717, 1.165) is 18.6 Å². The average molecular weight is 286 g/mol. The minimum absolute atomic E-state index is 0.0712. The zero-order valence-electron chi connectivity index (χ0n) is 11.9. The first-order valence-corrected chi connectivity index (χ1v) is 6.96. The largest absolute Gasteiger partial charge is 0.494 e. The normalized spacial score (nSPS) is 14.0. The molecule has 1 amide bonds. The van der Waals surface area contributed by atoms with Crippen molar-refractivity contribution in [2.24, 2.45) is 0 Å². The van der Waals surface area contributed by atoms with Gasteiger partial charge in [0.2, 0.25) is 0 Å². The number of nitrogens with two attached hydrogens (primary N) is 1. The topological polar surface area (TPSA) is 68.7 Å². The van der Waals surface area contributed by atoms with Gasteiger partial charge < -0.3 is 19.8 Å². The third-order valence-corrected chi connectivity index (χ3v) is 3.63. The molecule has 110 valence electrons. The molecule has 0 atom stereocenters. The molecular formula is C16H18N2O3. The lowest BCUT2D eigenvalue weighted by atomic mass is 10.1. The van der Waals surface area contributed by atoms with E-state index in [1.807, 2.05) is 17.0 Å². The highest BCUT2D eigenvalue weighted by Crippen LogP contribution is 2.33. The van der Waals surface area contributed by atoms with Crippen LogP contribution in [0.2, 0.25) is 0 Å². The Kier molecular flexibility index (Phi) is 3.56. The Morgan fingerprint density at radius 3 is 2.81 bits per heavy atom. The van der Waals surface area contributed by atoms with E-state index in [2.05, 4.69) is 0 Å². The summed E-state index contributed by atoms with van der Waals surface area (Å²) in [5, 5.41) is 0. The summed E-state index contributed by atoms with van der Waals surface area (Å²) in [7, 11) is 1.52. The number of ether oxygens (including phenoxy) is 1. The van der Waals surface area contributed by atoms with Gasteiger partial charge in [-0.1, -0.05) is 6.07 Å². The van der Waals surface area contributed by atoms with E-state index in [-0.39, 0.29) is 11.9 Å². The summed E-state index contributed by atoms with van der Waals surface area (Å²) in [6.45, 7) is 0.467. The fourth-order valence-corrected chi connectivity index (χ4v) is 2.43. The molecule has 0 saturated heterocycles. The lowest BCUT2D eigenvalue weighted by molar-refractivity contribution is 0.0714. The number of furan rings is 1. The number of amides is 1. The monoisotopic (exact) mass is 286 g/mol. The van der Waals surface area contributed by atoms with Crippen molar-refractivity contribution in [3.05, 3.63) is 47.9 Å². The number of para-hydroxylation sites is 1. The molecule has 21 heavy (non-hydrogen) atoms. The SMILES string of the molecule is COc1c(N)cccc1C(=O)N(Cc1ccco1)C1CC1. The first-order chi connectivity index (χ1) is 10.2. The number of hydrogen-bond donors (Lipinski definition) is 1. The van der Waals surface area contributed by atoms with Gasteiger partial charge in [-0.3, -0.25) is 4.79 Å². The van der Waals surface area contributed by atoms with Crippen LogP contribution in [0.4, 0.5) is 5.69 Å². The van der Waals surface area contributed by atoms with Gasteiger partial charge in [-0.25, -0.2) is 0 Å². The van der Waals surface area contributed by atoms with Crippen LogP contribution in [0.25, 0.3) is 0 Å². The Morgan fingerprint density at radius 2 is 2.19 bits per heavy atom. The second kappa shape index (κ2) is 5.52. The maximum Gasteiger partial charge on any atom is 0.258 e. The van der Waals surface area contributed by atoms with Gasteiger partial charge in [0.25, 0.3) is 5.91 Å². The van der Waals surface area contributed by atoms with Gasteiger partial charge in [-0.15, -0.1) is 0 Å². The van der Waals surface area contributed by atoms with E-state index in [1.54, 1.807) is 24.5 Å². The van der Waals surface area contributed by atoms with E-state index >= 15 is 0 Å². The molecule has 0 bridgehead atoms. The van der Waals surface area contributed by atoms with E-state index in [4.69, 9.17) is 14.9 Å². The first kappa shape index (κ1) is 13.5. The predicted molar refractivity (Wildman–Crippen MR) is 79.0 cm³/mol. The maximum absolute atomic E-state index is 12.8. The lowest BCUT2D eigenvalue weighted by Crippen LogP contribution is -2.32. The fourth-order valence-electron chi connectivity index (χ4n) is 2.43. The highest BCUT2D eigenvalue weighted by molar-refractivity contribution is 5.99. The number of rotatable bonds is 5. The minimum Gasteiger partial charge on any atom is -0.494 e. The minimum atomic E-state index is -0.0712. The number of nitrogen functional groups attached to an aromatic ring is 1. The van der Waals surface area contributed by atoms with Gasteiger partial charge in [0, 0.05) is 6.04 Å². The Bertz CT molecular complexity index is 633. The Morgan fingerprint density at radius 1 is 1.38 bits per heavy atom. The molecule has 0 unspecified atom stereocenters. The van der Waals surface area contributed by atoms with Crippen LogP contribution in [0.3, 0.4) is 0 Å². The molecule has 1 saturated carbocycles. The highest BCUT2D eigenvalue weighted by atomic mass is 16.5.